The molecule has 0 fully saturated rings. The molecule has 1 atom stereocenters. The summed E-state index contributed by atoms with van der Waals surface area (Å²) >= 11 is 0. The second-order valence-corrected chi connectivity index (χ2v) is 7.75. The molecule has 8 heteroatoms. The Kier molecular flexibility index (Phi) is 7.06. The van der Waals surface area contributed by atoms with Crippen LogP contribution < -0.4 is 19.1 Å². The summed E-state index contributed by atoms with van der Waals surface area (Å²) in [6, 6.07) is 14.8. The first-order valence-electron chi connectivity index (χ1n) is 8.42. The fourth-order valence-corrected chi connectivity index (χ4v) is 3.74. The number of amides is 1. The third kappa shape index (κ3) is 5.89. The van der Waals surface area contributed by atoms with Crippen LogP contribution in [0, 0.1) is 0 Å². The first-order valence-corrected chi connectivity index (χ1v) is 10.3. The van der Waals surface area contributed by atoms with Gasteiger partial charge in [-0.1, -0.05) is 24.3 Å². The van der Waals surface area contributed by atoms with Crippen LogP contribution in [0.25, 0.3) is 0 Å². The topological polar surface area (TPSA) is 84.9 Å². The van der Waals surface area contributed by atoms with Crippen molar-refractivity contribution in [2.75, 3.05) is 30.8 Å². The van der Waals surface area contributed by atoms with Crippen molar-refractivity contribution in [3.8, 4) is 11.5 Å². The fraction of sp³-hybridized carbons (Fsp3) is 0.316. The predicted molar refractivity (Wildman–Crippen MR) is 105 cm³/mol. The third-order valence-electron chi connectivity index (χ3n) is 3.81. The quantitative estimate of drug-likeness (QED) is 0.660. The predicted octanol–water partition coefficient (Wildman–Crippen LogP) is 2.04. The van der Waals surface area contributed by atoms with E-state index in [1.807, 2.05) is 0 Å². The number of methoxy groups -OCH3 is 1. The van der Waals surface area contributed by atoms with Crippen LogP contribution in [0.15, 0.2) is 54.6 Å². The molecule has 0 heterocycles. The van der Waals surface area contributed by atoms with Gasteiger partial charge in [0.1, 0.15) is 24.1 Å². The Balaban J connectivity index is 1.93. The van der Waals surface area contributed by atoms with Crippen molar-refractivity contribution in [3.63, 3.8) is 0 Å². The van der Waals surface area contributed by atoms with E-state index >= 15 is 0 Å². The smallest absolute Gasteiger partial charge is 0.243 e. The number of anilines is 1. The molecule has 2 aromatic rings. The maximum absolute atomic E-state index is 12.4. The lowest BCUT2D eigenvalue weighted by molar-refractivity contribution is -0.121. The van der Waals surface area contributed by atoms with Gasteiger partial charge in [-0.15, -0.1) is 0 Å². The van der Waals surface area contributed by atoms with Gasteiger partial charge in [-0.05, 0) is 31.2 Å². The zero-order chi connectivity index (χ0) is 19.9. The van der Waals surface area contributed by atoms with Crippen molar-refractivity contribution in [3.05, 3.63) is 54.6 Å². The second kappa shape index (κ2) is 9.27. The van der Waals surface area contributed by atoms with Crippen LogP contribution in [0.3, 0.4) is 0 Å². The van der Waals surface area contributed by atoms with Crippen LogP contribution in [0.2, 0.25) is 0 Å². The molecule has 0 aliphatic carbocycles. The summed E-state index contributed by atoms with van der Waals surface area (Å²) in [5, 5.41) is 2.70. The lowest BCUT2D eigenvalue weighted by atomic mass is 10.2. The molecular formula is C19H24N2O5S. The second-order valence-electron chi connectivity index (χ2n) is 5.89. The molecule has 1 unspecified atom stereocenters. The molecular weight excluding hydrogens is 368 g/mol. The van der Waals surface area contributed by atoms with Gasteiger partial charge in [0, 0.05) is 6.07 Å². The maximum Gasteiger partial charge on any atom is 0.243 e. The number of sulfonamides is 1. The van der Waals surface area contributed by atoms with Gasteiger partial charge in [0.25, 0.3) is 0 Å². The molecule has 7 nitrogen and oxygen atoms in total. The summed E-state index contributed by atoms with van der Waals surface area (Å²) in [7, 11) is -2.05. The van der Waals surface area contributed by atoms with E-state index in [9.17, 15) is 13.2 Å². The van der Waals surface area contributed by atoms with Gasteiger partial charge in [0.05, 0.1) is 25.6 Å². The molecule has 0 aliphatic heterocycles. The summed E-state index contributed by atoms with van der Waals surface area (Å²) in [4.78, 5) is 12.4. The van der Waals surface area contributed by atoms with Gasteiger partial charge in [-0.25, -0.2) is 8.42 Å². The van der Waals surface area contributed by atoms with E-state index < -0.39 is 22.0 Å². The van der Waals surface area contributed by atoms with E-state index in [0.717, 1.165) is 10.6 Å². The lowest BCUT2D eigenvalue weighted by Crippen LogP contribution is -2.48. The van der Waals surface area contributed by atoms with Gasteiger partial charge in [-0.2, -0.15) is 0 Å². The monoisotopic (exact) mass is 392 g/mol. The molecule has 1 N–H and O–H groups in total. The summed E-state index contributed by atoms with van der Waals surface area (Å²) < 4.78 is 36.1. The number of rotatable bonds is 9. The maximum atomic E-state index is 12.4. The highest BCUT2D eigenvalue weighted by Gasteiger charge is 2.28. The van der Waals surface area contributed by atoms with Crippen LogP contribution in [0.5, 0.6) is 11.5 Å². The molecule has 0 aliphatic rings. The number of nitrogens with zero attached hydrogens (tertiary/aromatic N) is 1. The largest absolute Gasteiger partial charge is 0.497 e. The van der Waals surface area contributed by atoms with Gasteiger partial charge in [0.15, 0.2) is 0 Å². The highest BCUT2D eigenvalue weighted by molar-refractivity contribution is 7.92. The van der Waals surface area contributed by atoms with Crippen LogP contribution in [0.1, 0.15) is 6.92 Å². The number of hydrogen-bond acceptors (Lipinski definition) is 5. The van der Waals surface area contributed by atoms with Gasteiger partial charge >= 0.3 is 0 Å². The molecule has 1 amide bonds. The van der Waals surface area contributed by atoms with E-state index in [2.05, 4.69) is 5.32 Å². The van der Waals surface area contributed by atoms with Crippen LogP contribution in [-0.2, 0) is 14.8 Å². The first kappa shape index (κ1) is 20.6. The lowest BCUT2D eigenvalue weighted by Gasteiger charge is -2.28. The minimum Gasteiger partial charge on any atom is -0.497 e. The van der Waals surface area contributed by atoms with Crippen molar-refractivity contribution in [1.82, 2.24) is 5.32 Å². The number of nitrogens with one attached hydrogen (secondary N) is 1. The molecule has 0 spiro atoms. The van der Waals surface area contributed by atoms with Crippen LogP contribution in [0.4, 0.5) is 5.69 Å². The van der Waals surface area contributed by atoms with Crippen LogP contribution >= 0.6 is 0 Å². The first-order chi connectivity index (χ1) is 12.8. The van der Waals surface area contributed by atoms with Crippen molar-refractivity contribution in [2.24, 2.45) is 0 Å². The molecule has 0 radical (unpaired) electrons. The number of para-hydroxylation sites is 1. The van der Waals surface area contributed by atoms with E-state index in [1.54, 1.807) is 68.6 Å². The van der Waals surface area contributed by atoms with Crippen molar-refractivity contribution < 1.29 is 22.7 Å². The number of carbonyl (C=O) groups is 1. The average Bonchev–Trinajstić information content (AvgIpc) is 2.65. The van der Waals surface area contributed by atoms with E-state index in [0.29, 0.717) is 17.2 Å². The van der Waals surface area contributed by atoms with E-state index in [4.69, 9.17) is 9.47 Å². The summed E-state index contributed by atoms with van der Waals surface area (Å²) in [5.74, 6) is 0.897. The Morgan fingerprint density at radius 1 is 1.11 bits per heavy atom. The summed E-state index contributed by atoms with van der Waals surface area (Å²) in [6.07, 6.45) is 1.08. The van der Waals surface area contributed by atoms with Gasteiger partial charge in [0.2, 0.25) is 15.9 Å². The Bertz CT molecular complexity index is 855. The Hall–Kier alpha value is -2.74. The highest BCUT2D eigenvalue weighted by Crippen LogP contribution is 2.20. The number of hydrogen-bond donors (Lipinski definition) is 1. The van der Waals surface area contributed by atoms with Crippen molar-refractivity contribution >= 4 is 21.6 Å². The molecule has 0 aromatic heterocycles. The molecule has 0 saturated heterocycles. The number of carbonyl (C=O) groups excluding carboxylic acids is 1. The average molecular weight is 392 g/mol. The zero-order valence-electron chi connectivity index (χ0n) is 15.6. The summed E-state index contributed by atoms with van der Waals surface area (Å²) in [6.45, 7) is 2.04. The van der Waals surface area contributed by atoms with E-state index in [-0.39, 0.29) is 13.2 Å². The normalized spacial score (nSPS) is 12.1. The Labute approximate surface area is 160 Å². The minimum absolute atomic E-state index is 0.243. The summed E-state index contributed by atoms with van der Waals surface area (Å²) in [5.41, 5.74) is 0.440. The van der Waals surface area contributed by atoms with Crippen LogP contribution in [-0.4, -0.2) is 46.9 Å². The molecule has 2 rings (SSSR count). The van der Waals surface area contributed by atoms with E-state index in [1.165, 1.54) is 0 Å². The fourth-order valence-electron chi connectivity index (χ4n) is 2.57. The molecule has 0 bridgehead atoms. The Morgan fingerprint density at radius 2 is 1.78 bits per heavy atom. The molecule has 2 aromatic carbocycles. The molecule has 0 saturated carbocycles. The van der Waals surface area contributed by atoms with Crippen molar-refractivity contribution in [1.29, 1.82) is 0 Å². The SMILES string of the molecule is COc1cccc(OCCNC(=O)C(C)N(c2ccccc2)S(C)(=O)=O)c1. The molecule has 146 valence electrons. The highest BCUT2D eigenvalue weighted by atomic mass is 32.2. The Morgan fingerprint density at radius 3 is 2.41 bits per heavy atom. The minimum atomic E-state index is -3.62. The third-order valence-corrected chi connectivity index (χ3v) is 5.05. The van der Waals surface area contributed by atoms with Gasteiger partial charge in [-0.3, -0.25) is 9.10 Å². The number of benzene rings is 2. The zero-order valence-corrected chi connectivity index (χ0v) is 16.4. The van der Waals surface area contributed by atoms with Crippen molar-refractivity contribution in [2.45, 2.75) is 13.0 Å². The number of ether oxygens (including phenoxy) is 2. The standard InChI is InChI=1S/C19H24N2O5S/c1-15(21(27(3,23)24)16-8-5-4-6-9-16)19(22)20-12-13-26-18-11-7-10-17(14-18)25-2/h4-11,14-15H,12-13H2,1-3H3,(H,20,22). The molecule has 27 heavy (non-hydrogen) atoms. The van der Waals surface area contributed by atoms with Gasteiger partial charge < -0.3 is 14.8 Å².